The number of methoxy groups -OCH3 is 2. The van der Waals surface area contributed by atoms with E-state index in [2.05, 4.69) is 16.4 Å². The number of benzene rings is 2. The number of thioether (sulfide) groups is 1. The van der Waals surface area contributed by atoms with E-state index in [1.807, 2.05) is 31.2 Å². The Hall–Kier alpha value is -2.31. The number of hydrogen-bond donors (Lipinski definition) is 1. The highest BCUT2D eigenvalue weighted by Crippen LogP contribution is 2.28. The summed E-state index contributed by atoms with van der Waals surface area (Å²) < 4.78 is 10.5. The molecule has 0 aliphatic carbocycles. The Balaban J connectivity index is 1.93. The van der Waals surface area contributed by atoms with Gasteiger partial charge in [0.1, 0.15) is 0 Å². The van der Waals surface area contributed by atoms with Crippen LogP contribution in [-0.4, -0.2) is 31.9 Å². The van der Waals surface area contributed by atoms with Crippen molar-refractivity contribution in [3.8, 4) is 0 Å². The third-order valence-electron chi connectivity index (χ3n) is 3.68. The van der Waals surface area contributed by atoms with Gasteiger partial charge in [0.25, 0.3) is 0 Å². The summed E-state index contributed by atoms with van der Waals surface area (Å²) in [5.41, 5.74) is 1.76. The van der Waals surface area contributed by atoms with E-state index in [4.69, 9.17) is 9.47 Å². The summed E-state index contributed by atoms with van der Waals surface area (Å²) in [6.45, 7) is 1.99. The summed E-state index contributed by atoms with van der Waals surface area (Å²) in [6.07, 6.45) is 2.37. The van der Waals surface area contributed by atoms with Gasteiger partial charge in [-0.15, -0.1) is 0 Å². The van der Waals surface area contributed by atoms with E-state index in [9.17, 15) is 4.79 Å². The first kappa shape index (κ1) is 16.5. The lowest BCUT2D eigenvalue weighted by Crippen LogP contribution is -2.36. The molecule has 0 spiro atoms. The number of aldehydes is 1. The topological polar surface area (TPSA) is 59.9 Å². The van der Waals surface area contributed by atoms with Crippen molar-refractivity contribution in [2.45, 2.75) is 18.0 Å². The Morgan fingerprint density at radius 3 is 2.79 bits per heavy atom. The van der Waals surface area contributed by atoms with Gasteiger partial charge in [-0.05, 0) is 41.5 Å². The molecule has 1 heterocycles. The second kappa shape index (κ2) is 7.07. The number of amidine groups is 1. The quantitative estimate of drug-likeness (QED) is 0.862. The van der Waals surface area contributed by atoms with Crippen LogP contribution >= 0.6 is 11.8 Å². The fraction of sp³-hybridized carbons (Fsp3) is 0.222. The minimum absolute atomic E-state index is 0.284. The average molecular weight is 342 g/mol. The Labute approximate surface area is 144 Å². The summed E-state index contributed by atoms with van der Waals surface area (Å²) in [5.74, 6) is 0.507. The molecule has 0 amide bonds. The van der Waals surface area contributed by atoms with Crippen molar-refractivity contribution >= 4 is 34.0 Å². The predicted molar refractivity (Wildman–Crippen MR) is 96.4 cm³/mol. The summed E-state index contributed by atoms with van der Waals surface area (Å²) in [7, 11) is 3.19. The number of ether oxygens (including phenoxy) is 2. The lowest BCUT2D eigenvalue weighted by molar-refractivity contribution is 0.112. The lowest BCUT2D eigenvalue weighted by Gasteiger charge is -2.21. The maximum Gasteiger partial charge on any atom is 0.215 e. The zero-order valence-electron chi connectivity index (χ0n) is 13.7. The van der Waals surface area contributed by atoms with Crippen LogP contribution < -0.4 is 5.32 Å². The minimum atomic E-state index is -0.284. The largest absolute Gasteiger partial charge is 0.481 e. The van der Waals surface area contributed by atoms with Crippen LogP contribution in [0.3, 0.4) is 0 Å². The Morgan fingerprint density at radius 1 is 1.25 bits per heavy atom. The monoisotopic (exact) mass is 342 g/mol. The van der Waals surface area contributed by atoms with Crippen LogP contribution in [0.25, 0.3) is 10.8 Å². The molecule has 0 bridgehead atoms. The van der Waals surface area contributed by atoms with Crippen molar-refractivity contribution in [3.63, 3.8) is 0 Å². The second-order valence-electron chi connectivity index (χ2n) is 5.38. The summed E-state index contributed by atoms with van der Waals surface area (Å²) in [4.78, 5) is 16.7. The third kappa shape index (κ3) is 3.44. The maximum absolute atomic E-state index is 11.4. The molecule has 124 valence electrons. The number of carbonyl (C=O) groups is 1. The highest BCUT2D eigenvalue weighted by atomic mass is 32.2. The molecule has 0 saturated heterocycles. The average Bonchev–Trinajstić information content (AvgIpc) is 2.60. The van der Waals surface area contributed by atoms with Gasteiger partial charge in [0.15, 0.2) is 17.7 Å². The SMILES string of the molecule is COC1=CC(OC)NC(Sc2ccc3cc(C)cc(C=O)c3c2)=N1. The minimum Gasteiger partial charge on any atom is -0.481 e. The van der Waals surface area contributed by atoms with Gasteiger partial charge in [0, 0.05) is 23.6 Å². The molecule has 1 N–H and O–H groups in total. The zero-order chi connectivity index (χ0) is 17.1. The molecule has 24 heavy (non-hydrogen) atoms. The standard InChI is InChI=1S/C18H18N2O3S/c1-11-6-12-4-5-14(8-15(12)13(7-11)10-21)24-18-19-16(22-2)9-17(20-18)23-3/h4-10,16H,1-3H3,(H,19,20). The number of nitrogens with zero attached hydrogens (tertiary/aromatic N) is 1. The number of rotatable bonds is 4. The second-order valence-corrected chi connectivity index (χ2v) is 6.45. The van der Waals surface area contributed by atoms with E-state index in [0.717, 1.165) is 27.5 Å². The van der Waals surface area contributed by atoms with Gasteiger partial charge in [-0.1, -0.05) is 23.9 Å². The van der Waals surface area contributed by atoms with Crippen LogP contribution in [-0.2, 0) is 9.47 Å². The van der Waals surface area contributed by atoms with E-state index in [0.29, 0.717) is 16.6 Å². The van der Waals surface area contributed by atoms with Crippen molar-refractivity contribution in [3.05, 3.63) is 53.4 Å². The van der Waals surface area contributed by atoms with Gasteiger partial charge >= 0.3 is 0 Å². The molecular weight excluding hydrogens is 324 g/mol. The molecule has 2 aromatic rings. The van der Waals surface area contributed by atoms with E-state index < -0.39 is 0 Å². The molecule has 3 rings (SSSR count). The predicted octanol–water partition coefficient (Wildman–Crippen LogP) is 3.47. The molecule has 1 aliphatic rings. The first-order valence-corrected chi connectivity index (χ1v) is 8.26. The van der Waals surface area contributed by atoms with E-state index >= 15 is 0 Å². The van der Waals surface area contributed by atoms with E-state index in [1.54, 1.807) is 20.3 Å². The van der Waals surface area contributed by atoms with Gasteiger partial charge in [-0.2, -0.15) is 4.99 Å². The number of nitrogens with one attached hydrogen (secondary N) is 1. The van der Waals surface area contributed by atoms with Crippen LogP contribution in [0.5, 0.6) is 0 Å². The Morgan fingerprint density at radius 2 is 2.08 bits per heavy atom. The first-order chi connectivity index (χ1) is 11.6. The molecule has 0 radical (unpaired) electrons. The zero-order valence-corrected chi connectivity index (χ0v) is 14.5. The van der Waals surface area contributed by atoms with E-state index in [1.165, 1.54) is 11.8 Å². The summed E-state index contributed by atoms with van der Waals surface area (Å²) in [6, 6.07) is 9.99. The molecule has 2 aromatic carbocycles. The normalized spacial score (nSPS) is 17.0. The van der Waals surface area contributed by atoms with Crippen LogP contribution in [0.4, 0.5) is 0 Å². The van der Waals surface area contributed by atoms with Crippen molar-refractivity contribution < 1.29 is 14.3 Å². The molecule has 6 heteroatoms. The van der Waals surface area contributed by atoms with Gasteiger partial charge in [-0.25, -0.2) is 0 Å². The highest BCUT2D eigenvalue weighted by molar-refractivity contribution is 8.13. The lowest BCUT2D eigenvalue weighted by atomic mass is 10.0. The van der Waals surface area contributed by atoms with Gasteiger partial charge in [0.05, 0.1) is 7.11 Å². The molecule has 5 nitrogen and oxygen atoms in total. The van der Waals surface area contributed by atoms with Crippen molar-refractivity contribution in [2.75, 3.05) is 14.2 Å². The molecule has 0 aromatic heterocycles. The Kier molecular flexibility index (Phi) is 4.87. The molecule has 0 saturated carbocycles. The van der Waals surface area contributed by atoms with Crippen LogP contribution in [0.1, 0.15) is 15.9 Å². The Bertz CT molecular complexity index is 846. The molecular formula is C18H18N2O3S. The smallest absolute Gasteiger partial charge is 0.215 e. The van der Waals surface area contributed by atoms with Crippen LogP contribution in [0.2, 0.25) is 0 Å². The summed E-state index contributed by atoms with van der Waals surface area (Å²) >= 11 is 1.46. The first-order valence-electron chi connectivity index (χ1n) is 7.44. The fourth-order valence-electron chi connectivity index (χ4n) is 2.55. The van der Waals surface area contributed by atoms with Gasteiger partial charge in [-0.3, -0.25) is 4.79 Å². The van der Waals surface area contributed by atoms with Crippen molar-refractivity contribution in [2.24, 2.45) is 4.99 Å². The van der Waals surface area contributed by atoms with Gasteiger partial charge < -0.3 is 14.8 Å². The molecule has 0 fully saturated rings. The highest BCUT2D eigenvalue weighted by Gasteiger charge is 2.17. The number of aryl methyl sites for hydroxylation is 1. The molecule has 1 aliphatic heterocycles. The number of aliphatic imine (C=N–C) groups is 1. The van der Waals surface area contributed by atoms with Crippen molar-refractivity contribution in [1.29, 1.82) is 0 Å². The van der Waals surface area contributed by atoms with Crippen molar-refractivity contribution in [1.82, 2.24) is 5.32 Å². The summed E-state index contributed by atoms with van der Waals surface area (Å²) in [5, 5.41) is 5.83. The number of carbonyl (C=O) groups excluding carboxylic acids is 1. The van der Waals surface area contributed by atoms with Gasteiger partial charge in [0.2, 0.25) is 5.88 Å². The maximum atomic E-state index is 11.4. The van der Waals surface area contributed by atoms with Crippen LogP contribution in [0.15, 0.2) is 52.2 Å². The number of hydrogen-bond acceptors (Lipinski definition) is 6. The third-order valence-corrected chi connectivity index (χ3v) is 4.57. The molecule has 1 atom stereocenters. The van der Waals surface area contributed by atoms with Crippen LogP contribution in [0, 0.1) is 6.92 Å². The van der Waals surface area contributed by atoms with E-state index in [-0.39, 0.29) is 6.23 Å². The molecule has 1 unspecified atom stereocenters. The number of fused-ring (bicyclic) bond motifs is 1. The fourth-order valence-corrected chi connectivity index (χ4v) is 3.40.